The number of rotatable bonds is 8. The van der Waals surface area contributed by atoms with Crippen molar-refractivity contribution in [3.63, 3.8) is 0 Å². The van der Waals surface area contributed by atoms with Crippen LogP contribution in [0.5, 0.6) is 11.5 Å². The zero-order valence-electron chi connectivity index (χ0n) is 16.9. The van der Waals surface area contributed by atoms with Crippen LogP contribution in [-0.2, 0) is 17.9 Å². The van der Waals surface area contributed by atoms with Gasteiger partial charge < -0.3 is 14.8 Å². The predicted molar refractivity (Wildman–Crippen MR) is 106 cm³/mol. The number of ether oxygens (including phenoxy) is 2. The Morgan fingerprint density at radius 2 is 1.86 bits per heavy atom. The van der Waals surface area contributed by atoms with E-state index in [1.807, 2.05) is 19.9 Å². The maximum Gasteiger partial charge on any atom is 0.387 e. The van der Waals surface area contributed by atoms with Gasteiger partial charge in [-0.1, -0.05) is 24.3 Å². The van der Waals surface area contributed by atoms with Crippen LogP contribution in [-0.4, -0.2) is 37.6 Å². The van der Waals surface area contributed by atoms with Gasteiger partial charge in [0, 0.05) is 26.7 Å². The summed E-state index contributed by atoms with van der Waals surface area (Å²) in [5.74, 6) is 1.09. The van der Waals surface area contributed by atoms with Gasteiger partial charge in [-0.2, -0.15) is 8.78 Å². The Hall–Kier alpha value is -2.67. The summed E-state index contributed by atoms with van der Waals surface area (Å²) in [5.41, 5.74) is 3.97. The standard InChI is InChI=1S/C22H26F2N2O3/c1-14-7-17(10-26-11-18(12-26)21(27)25-3)8-15(2)20(14)28-13-16-5-4-6-19(9-16)29-22(23)24/h4-9,18,22H,10-13H2,1-3H3,(H,25,27). The topological polar surface area (TPSA) is 50.8 Å². The molecule has 2 aromatic carbocycles. The van der Waals surface area contributed by atoms with E-state index in [0.717, 1.165) is 42.1 Å². The Morgan fingerprint density at radius 3 is 2.48 bits per heavy atom. The molecule has 0 unspecified atom stereocenters. The lowest BCUT2D eigenvalue weighted by Gasteiger charge is -2.38. The highest BCUT2D eigenvalue weighted by Gasteiger charge is 2.31. The van der Waals surface area contributed by atoms with Crippen LogP contribution in [0.1, 0.15) is 22.3 Å². The Bertz CT molecular complexity index is 844. The number of likely N-dealkylation sites (tertiary alicyclic amines) is 1. The third-order valence-electron chi connectivity index (χ3n) is 5.01. The van der Waals surface area contributed by atoms with E-state index in [-0.39, 0.29) is 24.2 Å². The minimum Gasteiger partial charge on any atom is -0.488 e. The molecule has 0 aromatic heterocycles. The van der Waals surface area contributed by atoms with E-state index in [1.165, 1.54) is 11.6 Å². The molecule has 5 nitrogen and oxygen atoms in total. The molecule has 29 heavy (non-hydrogen) atoms. The average Bonchev–Trinajstić information content (AvgIpc) is 2.63. The molecule has 156 valence electrons. The first-order valence-electron chi connectivity index (χ1n) is 9.56. The Kier molecular flexibility index (Phi) is 6.69. The van der Waals surface area contributed by atoms with E-state index < -0.39 is 6.61 Å². The lowest BCUT2D eigenvalue weighted by atomic mass is 9.97. The van der Waals surface area contributed by atoms with Crippen LogP contribution in [0, 0.1) is 19.8 Å². The Labute approximate surface area is 169 Å². The first kappa shape index (κ1) is 21.0. The average molecular weight is 404 g/mol. The van der Waals surface area contributed by atoms with Gasteiger partial charge in [0.25, 0.3) is 0 Å². The number of aryl methyl sites for hydroxylation is 2. The molecule has 0 saturated carbocycles. The molecule has 1 fully saturated rings. The minimum atomic E-state index is -2.85. The quantitative estimate of drug-likeness (QED) is 0.730. The van der Waals surface area contributed by atoms with Crippen LogP contribution < -0.4 is 14.8 Å². The highest BCUT2D eigenvalue weighted by Crippen LogP contribution is 2.28. The second kappa shape index (κ2) is 9.22. The molecule has 0 bridgehead atoms. The summed E-state index contributed by atoms with van der Waals surface area (Å²) in [7, 11) is 1.67. The molecule has 2 aromatic rings. The van der Waals surface area contributed by atoms with E-state index in [0.29, 0.717) is 0 Å². The molecular formula is C22H26F2N2O3. The van der Waals surface area contributed by atoms with Crippen molar-refractivity contribution in [1.29, 1.82) is 0 Å². The zero-order valence-corrected chi connectivity index (χ0v) is 16.9. The van der Waals surface area contributed by atoms with Gasteiger partial charge in [-0.3, -0.25) is 9.69 Å². The molecule has 0 spiro atoms. The maximum atomic E-state index is 12.4. The van der Waals surface area contributed by atoms with Crippen molar-refractivity contribution >= 4 is 5.91 Å². The highest BCUT2D eigenvalue weighted by molar-refractivity contribution is 5.79. The van der Waals surface area contributed by atoms with Crippen LogP contribution in [0.4, 0.5) is 8.78 Å². The molecule has 1 aliphatic rings. The van der Waals surface area contributed by atoms with Gasteiger partial charge in [0.05, 0.1) is 5.92 Å². The van der Waals surface area contributed by atoms with Crippen LogP contribution >= 0.6 is 0 Å². The van der Waals surface area contributed by atoms with Gasteiger partial charge in [-0.25, -0.2) is 0 Å². The first-order valence-corrected chi connectivity index (χ1v) is 9.56. The smallest absolute Gasteiger partial charge is 0.387 e. The number of hydrogen-bond acceptors (Lipinski definition) is 4. The Balaban J connectivity index is 1.59. The normalized spacial score (nSPS) is 14.6. The summed E-state index contributed by atoms with van der Waals surface area (Å²) >= 11 is 0. The molecule has 1 saturated heterocycles. The number of hydrogen-bond donors (Lipinski definition) is 1. The number of amides is 1. The largest absolute Gasteiger partial charge is 0.488 e. The first-order chi connectivity index (χ1) is 13.9. The number of benzene rings is 2. The lowest BCUT2D eigenvalue weighted by Crippen LogP contribution is -2.52. The summed E-state index contributed by atoms with van der Waals surface area (Å²) in [6.07, 6.45) is 0. The van der Waals surface area contributed by atoms with E-state index in [1.54, 1.807) is 19.2 Å². The minimum absolute atomic E-state index is 0.0783. The summed E-state index contributed by atoms with van der Waals surface area (Å²) in [5, 5.41) is 2.69. The van der Waals surface area contributed by atoms with Crippen molar-refractivity contribution in [2.75, 3.05) is 20.1 Å². The summed E-state index contributed by atoms with van der Waals surface area (Å²) < 4.78 is 35.1. The third kappa shape index (κ3) is 5.44. The van der Waals surface area contributed by atoms with Gasteiger partial charge in [0.2, 0.25) is 5.91 Å². The van der Waals surface area contributed by atoms with Crippen LogP contribution in [0.3, 0.4) is 0 Å². The molecule has 7 heteroatoms. The second-order valence-corrected chi connectivity index (χ2v) is 7.38. The molecular weight excluding hydrogens is 378 g/mol. The van der Waals surface area contributed by atoms with Crippen LogP contribution in [0.25, 0.3) is 0 Å². The number of alkyl halides is 2. The van der Waals surface area contributed by atoms with Crippen molar-refractivity contribution in [1.82, 2.24) is 10.2 Å². The van der Waals surface area contributed by atoms with Crippen molar-refractivity contribution < 1.29 is 23.0 Å². The maximum absolute atomic E-state index is 12.4. The fourth-order valence-corrected chi connectivity index (χ4v) is 3.65. The third-order valence-corrected chi connectivity index (χ3v) is 5.01. The lowest BCUT2D eigenvalue weighted by molar-refractivity contribution is -0.129. The molecule has 1 N–H and O–H groups in total. The van der Waals surface area contributed by atoms with Gasteiger partial charge in [0.15, 0.2) is 0 Å². The summed E-state index contributed by atoms with van der Waals surface area (Å²) in [6.45, 7) is 3.74. The van der Waals surface area contributed by atoms with E-state index in [4.69, 9.17) is 4.74 Å². The summed E-state index contributed by atoms with van der Waals surface area (Å²) in [4.78, 5) is 13.8. The molecule has 1 aliphatic heterocycles. The fraction of sp³-hybridized carbons (Fsp3) is 0.409. The van der Waals surface area contributed by atoms with Crippen molar-refractivity contribution in [3.05, 3.63) is 58.7 Å². The molecule has 0 radical (unpaired) electrons. The van der Waals surface area contributed by atoms with Gasteiger partial charge in [0.1, 0.15) is 18.1 Å². The fourth-order valence-electron chi connectivity index (χ4n) is 3.65. The van der Waals surface area contributed by atoms with E-state index >= 15 is 0 Å². The molecule has 3 rings (SSSR count). The number of nitrogens with zero attached hydrogens (tertiary/aromatic N) is 1. The second-order valence-electron chi connectivity index (χ2n) is 7.38. The van der Waals surface area contributed by atoms with Gasteiger partial charge >= 0.3 is 6.61 Å². The zero-order chi connectivity index (χ0) is 21.0. The molecule has 0 atom stereocenters. The molecule has 1 amide bonds. The SMILES string of the molecule is CNC(=O)C1CN(Cc2cc(C)c(OCc3cccc(OC(F)F)c3)c(C)c2)C1. The van der Waals surface area contributed by atoms with Crippen LogP contribution in [0.15, 0.2) is 36.4 Å². The number of carbonyl (C=O) groups is 1. The monoisotopic (exact) mass is 404 g/mol. The summed E-state index contributed by atoms with van der Waals surface area (Å²) in [6, 6.07) is 10.7. The van der Waals surface area contributed by atoms with Gasteiger partial charge in [-0.05, 0) is 48.2 Å². The van der Waals surface area contributed by atoms with Crippen molar-refractivity contribution in [2.45, 2.75) is 33.6 Å². The van der Waals surface area contributed by atoms with Crippen LogP contribution in [0.2, 0.25) is 0 Å². The van der Waals surface area contributed by atoms with Crippen molar-refractivity contribution in [3.8, 4) is 11.5 Å². The van der Waals surface area contributed by atoms with E-state index in [9.17, 15) is 13.6 Å². The predicted octanol–water partition coefficient (Wildman–Crippen LogP) is 3.66. The molecule has 0 aliphatic carbocycles. The van der Waals surface area contributed by atoms with Crippen molar-refractivity contribution in [2.24, 2.45) is 5.92 Å². The van der Waals surface area contributed by atoms with Gasteiger partial charge in [-0.15, -0.1) is 0 Å². The highest BCUT2D eigenvalue weighted by atomic mass is 19.3. The molecule has 1 heterocycles. The number of halogens is 2. The van der Waals surface area contributed by atoms with E-state index in [2.05, 4.69) is 27.1 Å². The number of carbonyl (C=O) groups excluding carboxylic acids is 1. The number of nitrogens with one attached hydrogen (secondary N) is 1. The Morgan fingerprint density at radius 1 is 1.17 bits per heavy atom.